The van der Waals surface area contributed by atoms with Gasteiger partial charge in [-0.15, -0.1) is 12.4 Å². The van der Waals surface area contributed by atoms with Crippen LogP contribution in [-0.2, 0) is 14.8 Å². The van der Waals surface area contributed by atoms with Gasteiger partial charge in [-0.3, -0.25) is 4.79 Å². The van der Waals surface area contributed by atoms with E-state index in [1.54, 1.807) is 0 Å². The monoisotopic (exact) mass is 313 g/mol. The second-order valence-electron chi connectivity index (χ2n) is 5.13. The van der Waals surface area contributed by atoms with Crippen LogP contribution in [0.2, 0.25) is 0 Å². The third-order valence-corrected chi connectivity index (χ3v) is 4.83. The van der Waals surface area contributed by atoms with Crippen molar-refractivity contribution >= 4 is 28.3 Å². The fourth-order valence-corrected chi connectivity index (χ4v) is 3.56. The molecule has 0 spiro atoms. The van der Waals surface area contributed by atoms with Crippen LogP contribution in [-0.4, -0.2) is 50.1 Å². The minimum absolute atomic E-state index is 0. The standard InChI is InChI=1S/C11H23N3O3S.ClH/c1-9(2)6-10(7-12)13-11(15)8-14-4-3-5-18(14,16)17;/h9-10H,3-8,12H2,1-2H3,(H,13,15);1H. The van der Waals surface area contributed by atoms with Crippen molar-refractivity contribution in [2.75, 3.05) is 25.4 Å². The Balaban J connectivity index is 0.00000324. The third-order valence-electron chi connectivity index (χ3n) is 2.93. The molecule has 6 nitrogen and oxygen atoms in total. The van der Waals surface area contributed by atoms with Gasteiger partial charge in [0.15, 0.2) is 0 Å². The van der Waals surface area contributed by atoms with E-state index in [9.17, 15) is 13.2 Å². The summed E-state index contributed by atoms with van der Waals surface area (Å²) in [5.74, 6) is 0.318. The molecule has 1 fully saturated rings. The Morgan fingerprint density at radius 1 is 1.42 bits per heavy atom. The molecule has 1 aliphatic heterocycles. The first kappa shape index (κ1) is 18.6. The first-order valence-corrected chi connectivity index (χ1v) is 7.93. The van der Waals surface area contributed by atoms with E-state index in [0.717, 1.165) is 6.42 Å². The molecule has 0 radical (unpaired) electrons. The van der Waals surface area contributed by atoms with Crippen LogP contribution < -0.4 is 11.1 Å². The van der Waals surface area contributed by atoms with Gasteiger partial charge in [-0.05, 0) is 18.8 Å². The Hall–Kier alpha value is -0.370. The van der Waals surface area contributed by atoms with Gasteiger partial charge in [0.1, 0.15) is 0 Å². The number of hydrogen-bond acceptors (Lipinski definition) is 4. The van der Waals surface area contributed by atoms with E-state index in [0.29, 0.717) is 25.4 Å². The van der Waals surface area contributed by atoms with Crippen LogP contribution in [0.5, 0.6) is 0 Å². The smallest absolute Gasteiger partial charge is 0.235 e. The van der Waals surface area contributed by atoms with E-state index in [1.807, 2.05) is 0 Å². The van der Waals surface area contributed by atoms with Gasteiger partial charge in [0.2, 0.25) is 15.9 Å². The Morgan fingerprint density at radius 2 is 2.05 bits per heavy atom. The molecule has 1 heterocycles. The normalized spacial score (nSPS) is 20.0. The van der Waals surface area contributed by atoms with Gasteiger partial charge >= 0.3 is 0 Å². The summed E-state index contributed by atoms with van der Waals surface area (Å²) in [6.07, 6.45) is 1.40. The molecule has 0 aliphatic carbocycles. The topological polar surface area (TPSA) is 92.5 Å². The summed E-state index contributed by atoms with van der Waals surface area (Å²) in [5, 5.41) is 2.79. The molecule has 19 heavy (non-hydrogen) atoms. The number of rotatable bonds is 6. The van der Waals surface area contributed by atoms with E-state index in [2.05, 4.69) is 19.2 Å². The Labute approximate surface area is 121 Å². The number of hydrogen-bond donors (Lipinski definition) is 2. The average molecular weight is 314 g/mol. The summed E-state index contributed by atoms with van der Waals surface area (Å²) >= 11 is 0. The van der Waals surface area contributed by atoms with Crippen molar-refractivity contribution in [3.8, 4) is 0 Å². The van der Waals surface area contributed by atoms with Crippen LogP contribution in [0.15, 0.2) is 0 Å². The maximum absolute atomic E-state index is 11.8. The van der Waals surface area contributed by atoms with Gasteiger partial charge in [0, 0.05) is 19.1 Å². The molecular weight excluding hydrogens is 290 g/mol. The second kappa shape index (κ2) is 8.04. The van der Waals surface area contributed by atoms with Crippen molar-refractivity contribution in [2.45, 2.75) is 32.7 Å². The lowest BCUT2D eigenvalue weighted by molar-refractivity contribution is -0.122. The molecule has 1 saturated heterocycles. The lowest BCUT2D eigenvalue weighted by Gasteiger charge is -2.20. The lowest BCUT2D eigenvalue weighted by atomic mass is 10.0. The van der Waals surface area contributed by atoms with Crippen molar-refractivity contribution in [2.24, 2.45) is 11.7 Å². The van der Waals surface area contributed by atoms with E-state index in [-0.39, 0.29) is 36.7 Å². The second-order valence-corrected chi connectivity index (χ2v) is 7.22. The number of nitrogens with one attached hydrogen (secondary N) is 1. The summed E-state index contributed by atoms with van der Waals surface area (Å²) in [6.45, 7) is 4.83. The van der Waals surface area contributed by atoms with Crippen molar-refractivity contribution in [1.29, 1.82) is 0 Å². The van der Waals surface area contributed by atoms with Crippen LogP contribution >= 0.6 is 12.4 Å². The van der Waals surface area contributed by atoms with Crippen LogP contribution in [0.1, 0.15) is 26.7 Å². The lowest BCUT2D eigenvalue weighted by Crippen LogP contribution is -2.46. The van der Waals surface area contributed by atoms with Crippen LogP contribution in [0.3, 0.4) is 0 Å². The predicted molar refractivity (Wildman–Crippen MR) is 77.7 cm³/mol. The fraction of sp³-hybridized carbons (Fsp3) is 0.909. The van der Waals surface area contributed by atoms with E-state index < -0.39 is 10.0 Å². The summed E-state index contributed by atoms with van der Waals surface area (Å²) in [5.41, 5.74) is 5.58. The molecule has 3 N–H and O–H groups in total. The van der Waals surface area contributed by atoms with Crippen molar-refractivity contribution in [3.05, 3.63) is 0 Å². The van der Waals surface area contributed by atoms with Gasteiger partial charge < -0.3 is 11.1 Å². The molecule has 1 aliphatic rings. The Kier molecular flexibility index (Phi) is 7.88. The number of halogens is 1. The summed E-state index contributed by atoms with van der Waals surface area (Å²) < 4.78 is 24.3. The molecule has 1 amide bonds. The highest BCUT2D eigenvalue weighted by Gasteiger charge is 2.30. The van der Waals surface area contributed by atoms with Crippen LogP contribution in [0.4, 0.5) is 0 Å². The molecule has 8 heteroatoms. The van der Waals surface area contributed by atoms with E-state index in [4.69, 9.17) is 5.73 Å². The van der Waals surface area contributed by atoms with Gasteiger partial charge in [-0.25, -0.2) is 8.42 Å². The van der Waals surface area contributed by atoms with E-state index in [1.165, 1.54) is 4.31 Å². The summed E-state index contributed by atoms with van der Waals surface area (Å²) in [6, 6.07) is -0.0807. The van der Waals surface area contributed by atoms with Gasteiger partial charge in [-0.1, -0.05) is 13.8 Å². The zero-order valence-corrected chi connectivity index (χ0v) is 13.1. The average Bonchev–Trinajstić information content (AvgIpc) is 2.56. The van der Waals surface area contributed by atoms with Gasteiger partial charge in [-0.2, -0.15) is 4.31 Å². The maximum atomic E-state index is 11.8. The first-order chi connectivity index (χ1) is 8.35. The van der Waals surface area contributed by atoms with Gasteiger partial charge in [0.25, 0.3) is 0 Å². The molecule has 1 rings (SSSR count). The molecule has 0 saturated carbocycles. The zero-order valence-electron chi connectivity index (χ0n) is 11.5. The molecular formula is C11H24ClN3O3S. The molecule has 1 unspecified atom stereocenters. The van der Waals surface area contributed by atoms with Crippen molar-refractivity contribution < 1.29 is 13.2 Å². The largest absolute Gasteiger partial charge is 0.351 e. The number of carbonyl (C=O) groups excluding carboxylic acids is 1. The highest BCUT2D eigenvalue weighted by molar-refractivity contribution is 7.89. The van der Waals surface area contributed by atoms with Crippen molar-refractivity contribution in [3.63, 3.8) is 0 Å². The SMILES string of the molecule is CC(C)CC(CN)NC(=O)CN1CCCS1(=O)=O.Cl. The number of sulfonamides is 1. The number of carbonyl (C=O) groups is 1. The number of nitrogens with two attached hydrogens (primary N) is 1. The van der Waals surface area contributed by atoms with Crippen LogP contribution in [0, 0.1) is 5.92 Å². The highest BCUT2D eigenvalue weighted by Crippen LogP contribution is 2.12. The molecule has 0 aromatic rings. The van der Waals surface area contributed by atoms with Crippen LogP contribution in [0.25, 0.3) is 0 Å². The fourth-order valence-electron chi connectivity index (χ4n) is 2.09. The van der Waals surface area contributed by atoms with Crippen molar-refractivity contribution in [1.82, 2.24) is 9.62 Å². The minimum atomic E-state index is -3.21. The molecule has 0 aromatic carbocycles. The third kappa shape index (κ3) is 6.07. The maximum Gasteiger partial charge on any atom is 0.235 e. The minimum Gasteiger partial charge on any atom is -0.351 e. The van der Waals surface area contributed by atoms with E-state index >= 15 is 0 Å². The molecule has 1 atom stereocenters. The number of amides is 1. The summed E-state index contributed by atoms with van der Waals surface area (Å²) in [4.78, 5) is 11.8. The predicted octanol–water partition coefficient (Wildman–Crippen LogP) is -0.0667. The zero-order chi connectivity index (χ0) is 13.8. The quantitative estimate of drug-likeness (QED) is 0.718. The summed E-state index contributed by atoms with van der Waals surface area (Å²) in [7, 11) is -3.21. The highest BCUT2D eigenvalue weighted by atomic mass is 35.5. The first-order valence-electron chi connectivity index (χ1n) is 6.32. The molecule has 0 bridgehead atoms. The Bertz CT molecular complexity index is 387. The van der Waals surface area contributed by atoms with Gasteiger partial charge in [0.05, 0.1) is 12.3 Å². The molecule has 0 aromatic heterocycles. The number of nitrogens with zero attached hydrogens (tertiary/aromatic N) is 1. The molecule has 114 valence electrons. The Morgan fingerprint density at radius 3 is 2.47 bits per heavy atom.